The Bertz CT molecular complexity index is 634. The molecule has 1 heterocycles. The molecule has 1 unspecified atom stereocenters. The van der Waals surface area contributed by atoms with E-state index in [0.717, 1.165) is 11.6 Å². The Morgan fingerprint density at radius 2 is 1.90 bits per heavy atom. The maximum absolute atomic E-state index is 13.8. The largest absolute Gasteiger partial charge is 0.368 e. The molecule has 0 saturated heterocycles. The minimum atomic E-state index is -0.733. The average molecular weight is 312 g/mol. The normalized spacial score (nSPS) is 12.0. The van der Waals surface area contributed by atoms with E-state index in [2.05, 4.69) is 15.6 Å². The molecular weight excluding hydrogens is 296 g/mol. The van der Waals surface area contributed by atoms with E-state index in [-0.39, 0.29) is 17.7 Å². The number of hydrogen-bond donors (Lipinski definition) is 2. The van der Waals surface area contributed by atoms with Gasteiger partial charge >= 0.3 is 0 Å². The van der Waals surface area contributed by atoms with E-state index in [1.165, 1.54) is 0 Å². The number of nitrogens with zero attached hydrogens (tertiary/aromatic N) is 1. The maximum atomic E-state index is 13.8. The van der Waals surface area contributed by atoms with Gasteiger partial charge in [0.25, 0.3) is 0 Å². The highest BCUT2D eigenvalue weighted by Gasteiger charge is 2.14. The number of anilines is 2. The van der Waals surface area contributed by atoms with Gasteiger partial charge in [0, 0.05) is 17.6 Å². The van der Waals surface area contributed by atoms with Gasteiger partial charge in [0.2, 0.25) is 0 Å². The van der Waals surface area contributed by atoms with Gasteiger partial charge in [-0.3, -0.25) is 0 Å². The Morgan fingerprint density at radius 3 is 2.57 bits per heavy atom. The van der Waals surface area contributed by atoms with Crippen LogP contribution in [-0.4, -0.2) is 11.5 Å². The standard InChI is InChI=1S/C15H16ClF2N3/c1-3-19-14-12(17)8-13(18)15(21-14)20-9(2)10-5-4-6-11(16)7-10/h4-9H,3H2,1-2H3,(H2,19,20,21). The molecule has 2 N–H and O–H groups in total. The number of rotatable bonds is 5. The first-order chi connectivity index (χ1) is 10.0. The minimum absolute atomic E-state index is 0.000162. The van der Waals surface area contributed by atoms with E-state index in [0.29, 0.717) is 11.6 Å². The van der Waals surface area contributed by atoms with Crippen molar-refractivity contribution < 1.29 is 8.78 Å². The topological polar surface area (TPSA) is 37.0 Å². The number of benzene rings is 1. The van der Waals surface area contributed by atoms with E-state index < -0.39 is 11.6 Å². The lowest BCUT2D eigenvalue weighted by Crippen LogP contribution is -2.12. The zero-order chi connectivity index (χ0) is 15.4. The lowest BCUT2D eigenvalue weighted by atomic mass is 10.1. The summed E-state index contributed by atoms with van der Waals surface area (Å²) < 4.78 is 27.3. The van der Waals surface area contributed by atoms with E-state index in [9.17, 15) is 8.78 Å². The highest BCUT2D eigenvalue weighted by atomic mass is 35.5. The third-order valence-electron chi connectivity index (χ3n) is 2.98. The van der Waals surface area contributed by atoms with Crippen LogP contribution in [0.3, 0.4) is 0 Å². The first-order valence-electron chi connectivity index (χ1n) is 6.63. The van der Waals surface area contributed by atoms with E-state index in [1.54, 1.807) is 12.1 Å². The number of pyridine rings is 1. The van der Waals surface area contributed by atoms with Gasteiger partial charge < -0.3 is 10.6 Å². The van der Waals surface area contributed by atoms with Crippen molar-refractivity contribution in [3.05, 3.63) is 52.6 Å². The fourth-order valence-electron chi connectivity index (χ4n) is 1.92. The number of aromatic nitrogens is 1. The Morgan fingerprint density at radius 1 is 1.19 bits per heavy atom. The second kappa shape index (κ2) is 6.72. The summed E-state index contributed by atoms with van der Waals surface area (Å²) in [5.74, 6) is -1.42. The van der Waals surface area contributed by atoms with Crippen molar-refractivity contribution in [2.45, 2.75) is 19.9 Å². The van der Waals surface area contributed by atoms with Gasteiger partial charge in [0.15, 0.2) is 23.3 Å². The minimum Gasteiger partial charge on any atom is -0.368 e. The molecule has 0 bridgehead atoms. The Kier molecular flexibility index (Phi) is 4.96. The molecule has 112 valence electrons. The van der Waals surface area contributed by atoms with Crippen molar-refractivity contribution in [1.82, 2.24) is 4.98 Å². The van der Waals surface area contributed by atoms with Crippen molar-refractivity contribution in [2.24, 2.45) is 0 Å². The highest BCUT2D eigenvalue weighted by Crippen LogP contribution is 2.24. The summed E-state index contributed by atoms with van der Waals surface area (Å²) >= 11 is 5.93. The highest BCUT2D eigenvalue weighted by molar-refractivity contribution is 6.30. The van der Waals surface area contributed by atoms with Gasteiger partial charge in [0.05, 0.1) is 6.04 Å². The van der Waals surface area contributed by atoms with Crippen LogP contribution in [0.1, 0.15) is 25.5 Å². The Balaban J connectivity index is 2.24. The third-order valence-corrected chi connectivity index (χ3v) is 3.21. The van der Waals surface area contributed by atoms with Gasteiger partial charge in [0.1, 0.15) is 0 Å². The summed E-state index contributed by atoms with van der Waals surface area (Å²) in [6.07, 6.45) is 0. The van der Waals surface area contributed by atoms with Gasteiger partial charge in [-0.1, -0.05) is 23.7 Å². The molecule has 3 nitrogen and oxygen atoms in total. The van der Waals surface area contributed by atoms with E-state index in [1.807, 2.05) is 26.0 Å². The third kappa shape index (κ3) is 3.82. The van der Waals surface area contributed by atoms with Gasteiger partial charge in [-0.05, 0) is 31.5 Å². The predicted molar refractivity (Wildman–Crippen MR) is 81.8 cm³/mol. The van der Waals surface area contributed by atoms with E-state index >= 15 is 0 Å². The van der Waals surface area contributed by atoms with Crippen LogP contribution < -0.4 is 10.6 Å². The van der Waals surface area contributed by atoms with Gasteiger partial charge in [-0.2, -0.15) is 0 Å². The fourth-order valence-corrected chi connectivity index (χ4v) is 2.12. The Hall–Kier alpha value is -1.88. The molecule has 0 aliphatic rings. The summed E-state index contributed by atoms with van der Waals surface area (Å²) in [6, 6.07) is 7.83. The molecule has 21 heavy (non-hydrogen) atoms. The molecule has 0 spiro atoms. The van der Waals surface area contributed by atoms with Crippen molar-refractivity contribution in [1.29, 1.82) is 0 Å². The average Bonchev–Trinajstić information content (AvgIpc) is 2.44. The maximum Gasteiger partial charge on any atom is 0.168 e. The smallest absolute Gasteiger partial charge is 0.168 e. The summed E-state index contributed by atoms with van der Waals surface area (Å²) in [5.41, 5.74) is 0.887. The summed E-state index contributed by atoms with van der Waals surface area (Å²) in [6.45, 7) is 4.16. The quantitative estimate of drug-likeness (QED) is 0.846. The fraction of sp³-hybridized carbons (Fsp3) is 0.267. The SMILES string of the molecule is CCNc1nc(NC(C)c2cccc(Cl)c2)c(F)cc1F. The molecule has 0 aliphatic heterocycles. The number of nitrogens with one attached hydrogen (secondary N) is 2. The van der Waals surface area contributed by atoms with Crippen molar-refractivity contribution in [3.63, 3.8) is 0 Å². The van der Waals surface area contributed by atoms with Crippen LogP contribution in [0.5, 0.6) is 0 Å². The van der Waals surface area contributed by atoms with Crippen LogP contribution in [0.2, 0.25) is 5.02 Å². The summed E-state index contributed by atoms with van der Waals surface area (Å²) in [5, 5.41) is 6.28. The zero-order valence-electron chi connectivity index (χ0n) is 11.8. The van der Waals surface area contributed by atoms with Crippen molar-refractivity contribution >= 4 is 23.2 Å². The predicted octanol–water partition coefficient (Wildman–Crippen LogP) is 4.62. The van der Waals surface area contributed by atoms with Gasteiger partial charge in [-0.15, -0.1) is 0 Å². The molecular formula is C15H16ClF2N3. The molecule has 2 rings (SSSR count). The summed E-state index contributed by atoms with van der Waals surface area (Å²) in [4.78, 5) is 3.94. The molecule has 0 saturated carbocycles. The number of hydrogen-bond acceptors (Lipinski definition) is 3. The molecule has 6 heteroatoms. The molecule has 1 atom stereocenters. The monoisotopic (exact) mass is 311 g/mol. The van der Waals surface area contributed by atoms with Crippen LogP contribution in [0.15, 0.2) is 30.3 Å². The Labute approximate surface area is 127 Å². The first-order valence-corrected chi connectivity index (χ1v) is 7.01. The van der Waals surface area contributed by atoms with Crippen LogP contribution in [0.4, 0.5) is 20.4 Å². The molecule has 1 aromatic carbocycles. The molecule has 0 aliphatic carbocycles. The molecule has 0 radical (unpaired) electrons. The number of halogens is 3. The molecule has 1 aromatic heterocycles. The van der Waals surface area contributed by atoms with Crippen LogP contribution in [0.25, 0.3) is 0 Å². The molecule has 0 amide bonds. The van der Waals surface area contributed by atoms with Crippen LogP contribution in [-0.2, 0) is 0 Å². The second-order valence-corrected chi connectivity index (χ2v) is 5.04. The van der Waals surface area contributed by atoms with E-state index in [4.69, 9.17) is 11.6 Å². The first kappa shape index (κ1) is 15.5. The van der Waals surface area contributed by atoms with Crippen LogP contribution in [0, 0.1) is 11.6 Å². The summed E-state index contributed by atoms with van der Waals surface area (Å²) in [7, 11) is 0. The van der Waals surface area contributed by atoms with Crippen LogP contribution >= 0.6 is 11.6 Å². The lowest BCUT2D eigenvalue weighted by Gasteiger charge is -2.17. The molecule has 0 fully saturated rings. The van der Waals surface area contributed by atoms with Gasteiger partial charge in [-0.25, -0.2) is 13.8 Å². The van der Waals surface area contributed by atoms with Crippen molar-refractivity contribution in [2.75, 3.05) is 17.2 Å². The molecule has 2 aromatic rings. The lowest BCUT2D eigenvalue weighted by molar-refractivity contribution is 0.576. The zero-order valence-corrected chi connectivity index (χ0v) is 12.5. The second-order valence-electron chi connectivity index (χ2n) is 4.60. The van der Waals surface area contributed by atoms with Crippen molar-refractivity contribution in [3.8, 4) is 0 Å².